The van der Waals surface area contributed by atoms with Crippen molar-refractivity contribution in [2.75, 3.05) is 20.0 Å². The van der Waals surface area contributed by atoms with Gasteiger partial charge < -0.3 is 14.2 Å². The molecule has 4 heteroatoms. The van der Waals surface area contributed by atoms with Crippen LogP contribution in [0.2, 0.25) is 0 Å². The van der Waals surface area contributed by atoms with Crippen molar-refractivity contribution >= 4 is 5.97 Å². The molecule has 0 bridgehead atoms. The van der Waals surface area contributed by atoms with Crippen LogP contribution >= 0.6 is 0 Å². The normalized spacial score (nSPS) is 10.4. The highest BCUT2D eigenvalue weighted by atomic mass is 16.7. The zero-order chi connectivity index (χ0) is 16.8. The number of rotatable bonds is 8. The first kappa shape index (κ1) is 20.5. The number of hydrogen-bond donors (Lipinski definition) is 0. The van der Waals surface area contributed by atoms with Crippen LogP contribution in [0, 0.1) is 5.41 Å². The highest BCUT2D eigenvalue weighted by Gasteiger charge is 2.26. The highest BCUT2D eigenvalue weighted by Crippen LogP contribution is 2.21. The molecule has 0 heterocycles. The Morgan fingerprint density at radius 1 is 1.05 bits per heavy atom. The van der Waals surface area contributed by atoms with Crippen LogP contribution in [0.15, 0.2) is 30.3 Å². The van der Waals surface area contributed by atoms with Crippen molar-refractivity contribution < 1.29 is 19.0 Å². The van der Waals surface area contributed by atoms with Gasteiger partial charge >= 0.3 is 5.97 Å². The van der Waals surface area contributed by atoms with E-state index in [2.05, 4.69) is 13.8 Å². The van der Waals surface area contributed by atoms with E-state index in [4.69, 9.17) is 14.2 Å². The van der Waals surface area contributed by atoms with Crippen LogP contribution in [0.3, 0.4) is 0 Å². The molecular formula is C18H30O4. The molecular weight excluding hydrogens is 280 g/mol. The molecule has 0 radical (unpaired) electrons. The van der Waals surface area contributed by atoms with E-state index in [1.807, 2.05) is 51.1 Å². The third-order valence-corrected chi connectivity index (χ3v) is 2.95. The summed E-state index contributed by atoms with van der Waals surface area (Å²) in [6, 6.07) is 9.41. The molecule has 0 saturated carbocycles. The van der Waals surface area contributed by atoms with Crippen molar-refractivity contribution in [3.8, 4) is 5.75 Å². The third-order valence-electron chi connectivity index (χ3n) is 2.95. The van der Waals surface area contributed by atoms with Gasteiger partial charge in [-0.05, 0) is 32.4 Å². The van der Waals surface area contributed by atoms with Gasteiger partial charge in [-0.15, -0.1) is 0 Å². The maximum Gasteiger partial charge on any atom is 0.311 e. The molecule has 0 fully saturated rings. The molecule has 0 aliphatic rings. The van der Waals surface area contributed by atoms with Gasteiger partial charge in [-0.1, -0.05) is 45.4 Å². The van der Waals surface area contributed by atoms with Crippen molar-refractivity contribution in [1.82, 2.24) is 0 Å². The number of hydrogen-bond acceptors (Lipinski definition) is 4. The lowest BCUT2D eigenvalue weighted by Crippen LogP contribution is -2.27. The Hall–Kier alpha value is -1.55. The number of benzene rings is 1. The quantitative estimate of drug-likeness (QED) is 0.404. The van der Waals surface area contributed by atoms with Crippen LogP contribution in [0.5, 0.6) is 5.75 Å². The van der Waals surface area contributed by atoms with Gasteiger partial charge in [-0.3, -0.25) is 4.79 Å². The molecule has 0 spiro atoms. The average molecular weight is 310 g/mol. The SMILES string of the molecule is CCC.CCC(C)(C)C(=O)OCCOCOc1ccccc1. The summed E-state index contributed by atoms with van der Waals surface area (Å²) in [5, 5.41) is 0. The summed E-state index contributed by atoms with van der Waals surface area (Å²) in [7, 11) is 0. The lowest BCUT2D eigenvalue weighted by atomic mass is 9.91. The maximum absolute atomic E-state index is 11.6. The minimum absolute atomic E-state index is 0.152. The summed E-state index contributed by atoms with van der Waals surface area (Å²) >= 11 is 0. The molecule has 126 valence electrons. The highest BCUT2D eigenvalue weighted by molar-refractivity contribution is 5.75. The average Bonchev–Trinajstić information content (AvgIpc) is 2.52. The van der Waals surface area contributed by atoms with E-state index in [1.54, 1.807) is 0 Å². The molecule has 0 unspecified atom stereocenters. The molecule has 0 atom stereocenters. The van der Waals surface area contributed by atoms with Crippen molar-refractivity contribution in [3.63, 3.8) is 0 Å². The molecule has 0 aliphatic heterocycles. The second-order valence-electron chi connectivity index (χ2n) is 5.56. The third kappa shape index (κ3) is 9.40. The van der Waals surface area contributed by atoms with Crippen molar-refractivity contribution in [2.24, 2.45) is 5.41 Å². The van der Waals surface area contributed by atoms with Gasteiger partial charge in [0.25, 0.3) is 0 Å². The Labute approximate surface area is 134 Å². The molecule has 1 aromatic carbocycles. The van der Waals surface area contributed by atoms with Gasteiger partial charge in [0.1, 0.15) is 12.4 Å². The molecule has 0 aliphatic carbocycles. The minimum Gasteiger partial charge on any atom is -0.468 e. The van der Waals surface area contributed by atoms with E-state index in [9.17, 15) is 4.79 Å². The molecule has 4 nitrogen and oxygen atoms in total. The molecule has 1 rings (SSSR count). The fourth-order valence-electron chi connectivity index (χ4n) is 1.22. The molecule has 1 aromatic rings. The summed E-state index contributed by atoms with van der Waals surface area (Å²) in [6.45, 7) is 10.7. The standard InChI is InChI=1S/C15H22O4.C3H8/c1-4-15(2,3)14(16)18-11-10-17-12-19-13-8-6-5-7-9-13;1-3-2/h5-9H,4,10-12H2,1-3H3;3H2,1-2H3. The molecule has 0 amide bonds. The van der Waals surface area contributed by atoms with Crippen molar-refractivity contribution in [2.45, 2.75) is 47.5 Å². The number of carbonyl (C=O) groups is 1. The lowest BCUT2D eigenvalue weighted by Gasteiger charge is -2.20. The molecule has 0 aromatic heterocycles. The first-order chi connectivity index (χ1) is 10.5. The van der Waals surface area contributed by atoms with Crippen molar-refractivity contribution in [3.05, 3.63) is 30.3 Å². The van der Waals surface area contributed by atoms with E-state index < -0.39 is 5.41 Å². The fraction of sp³-hybridized carbons (Fsp3) is 0.611. The van der Waals surface area contributed by atoms with Gasteiger partial charge in [0.15, 0.2) is 6.79 Å². The van der Waals surface area contributed by atoms with E-state index in [0.29, 0.717) is 6.61 Å². The molecule has 22 heavy (non-hydrogen) atoms. The molecule has 0 saturated heterocycles. The Balaban J connectivity index is 0.00000135. The number of para-hydroxylation sites is 1. The van der Waals surface area contributed by atoms with Gasteiger partial charge in [0, 0.05) is 0 Å². The second-order valence-corrected chi connectivity index (χ2v) is 5.56. The zero-order valence-corrected chi connectivity index (χ0v) is 14.6. The van der Waals surface area contributed by atoms with E-state index in [0.717, 1.165) is 12.2 Å². The minimum atomic E-state index is -0.430. The van der Waals surface area contributed by atoms with Crippen LogP contribution in [-0.2, 0) is 14.3 Å². The number of ether oxygens (including phenoxy) is 3. The van der Waals surface area contributed by atoms with Crippen molar-refractivity contribution in [1.29, 1.82) is 0 Å². The van der Waals surface area contributed by atoms with Crippen LogP contribution in [0.25, 0.3) is 0 Å². The van der Waals surface area contributed by atoms with Crippen LogP contribution in [0.1, 0.15) is 47.5 Å². The smallest absolute Gasteiger partial charge is 0.311 e. The van der Waals surface area contributed by atoms with Gasteiger partial charge in [0.2, 0.25) is 0 Å². The first-order valence-electron chi connectivity index (χ1n) is 7.90. The summed E-state index contributed by atoms with van der Waals surface area (Å²) in [4.78, 5) is 11.6. The largest absolute Gasteiger partial charge is 0.468 e. The van der Waals surface area contributed by atoms with Gasteiger partial charge in [-0.25, -0.2) is 0 Å². The molecule has 0 N–H and O–H groups in total. The monoisotopic (exact) mass is 310 g/mol. The summed E-state index contributed by atoms with van der Waals surface area (Å²) < 4.78 is 15.7. The van der Waals surface area contributed by atoms with Crippen LogP contribution in [-0.4, -0.2) is 26.0 Å². The Bertz CT molecular complexity index is 387. The number of esters is 1. The van der Waals surface area contributed by atoms with E-state index in [-0.39, 0.29) is 19.4 Å². The Morgan fingerprint density at radius 2 is 1.64 bits per heavy atom. The van der Waals surface area contributed by atoms with Crippen LogP contribution < -0.4 is 4.74 Å². The fourth-order valence-corrected chi connectivity index (χ4v) is 1.22. The van der Waals surface area contributed by atoms with Gasteiger partial charge in [-0.2, -0.15) is 0 Å². The predicted octanol–water partition coefficient (Wildman–Crippen LogP) is 4.44. The van der Waals surface area contributed by atoms with E-state index in [1.165, 1.54) is 6.42 Å². The number of carbonyl (C=O) groups excluding carboxylic acids is 1. The van der Waals surface area contributed by atoms with Gasteiger partial charge in [0.05, 0.1) is 12.0 Å². The first-order valence-corrected chi connectivity index (χ1v) is 7.90. The van der Waals surface area contributed by atoms with Crippen LogP contribution in [0.4, 0.5) is 0 Å². The summed E-state index contributed by atoms with van der Waals surface area (Å²) in [6.07, 6.45) is 2.00. The maximum atomic E-state index is 11.6. The second kappa shape index (κ2) is 12.0. The Morgan fingerprint density at radius 3 is 2.18 bits per heavy atom. The topological polar surface area (TPSA) is 44.8 Å². The zero-order valence-electron chi connectivity index (χ0n) is 14.6. The lowest BCUT2D eigenvalue weighted by molar-refractivity contribution is -0.156. The summed E-state index contributed by atoms with van der Waals surface area (Å²) in [5.41, 5.74) is -0.430. The Kier molecular flexibility index (Phi) is 11.2. The summed E-state index contributed by atoms with van der Waals surface area (Å²) in [5.74, 6) is 0.564. The van der Waals surface area contributed by atoms with E-state index >= 15 is 0 Å². The predicted molar refractivity (Wildman–Crippen MR) is 88.9 cm³/mol.